The molecule has 0 bridgehead atoms. The zero-order valence-electron chi connectivity index (χ0n) is 53.3. The maximum Gasteiger partial charge on any atom is 0.305 e. The van der Waals surface area contributed by atoms with Crippen molar-refractivity contribution < 1.29 is 72.9 Å². The number of hydrogen-bond acceptors (Lipinski definition) is 15. The van der Waals surface area contributed by atoms with Gasteiger partial charge in [0.1, 0.15) is 66.2 Å². The number of aliphatic hydroxyl groups is 1. The second-order valence-electron chi connectivity index (χ2n) is 24.8. The van der Waals surface area contributed by atoms with Gasteiger partial charge in [-0.3, -0.25) is 57.5 Å². The molecule has 4 aromatic carbocycles. The van der Waals surface area contributed by atoms with Crippen molar-refractivity contribution >= 4 is 81.9 Å². The first-order valence-corrected chi connectivity index (χ1v) is 31.6. The fourth-order valence-corrected chi connectivity index (χ4v) is 11.5. The molecule has 28 heteroatoms. The number of aromatic hydroxyl groups is 1. The first kappa shape index (κ1) is 72.2. The van der Waals surface area contributed by atoms with E-state index in [1.807, 2.05) is 0 Å². The first-order chi connectivity index (χ1) is 45.3. The number of carboxylic acid groups (broad SMARTS) is 1. The molecule has 2 aliphatic rings. The van der Waals surface area contributed by atoms with Gasteiger partial charge in [-0.25, -0.2) is 0 Å². The summed E-state index contributed by atoms with van der Waals surface area (Å²) in [6.07, 6.45) is -3.07. The number of phenols is 1. The van der Waals surface area contributed by atoms with Crippen LogP contribution in [0.25, 0.3) is 10.9 Å². The summed E-state index contributed by atoms with van der Waals surface area (Å²) in [7, 11) is 0. The Morgan fingerprint density at radius 2 is 0.979 bits per heavy atom. The summed E-state index contributed by atoms with van der Waals surface area (Å²) in [4.78, 5) is 177. The van der Waals surface area contributed by atoms with Crippen LogP contribution in [0, 0.1) is 11.8 Å². The Kier molecular flexibility index (Phi) is 25.9. The number of hydrogen-bond donors (Lipinski definition) is 15. The lowest BCUT2D eigenvalue weighted by Crippen LogP contribution is -2.62. The van der Waals surface area contributed by atoms with Crippen molar-refractivity contribution in [3.63, 3.8) is 0 Å². The van der Waals surface area contributed by atoms with E-state index in [-0.39, 0.29) is 69.6 Å². The highest BCUT2D eigenvalue weighted by Crippen LogP contribution is 2.24. The molecule has 2 aliphatic heterocycles. The molecule has 0 radical (unpaired) electrons. The van der Waals surface area contributed by atoms with Gasteiger partial charge in [0.25, 0.3) is 0 Å². The zero-order chi connectivity index (χ0) is 69.0. The van der Waals surface area contributed by atoms with Gasteiger partial charge in [-0.1, -0.05) is 119 Å². The fourth-order valence-electron chi connectivity index (χ4n) is 11.5. The summed E-state index contributed by atoms with van der Waals surface area (Å²) >= 11 is 0. The highest BCUT2D eigenvalue weighted by Gasteiger charge is 2.44. The Hall–Kier alpha value is -10.2. The van der Waals surface area contributed by atoms with Gasteiger partial charge in [0, 0.05) is 55.7 Å². The van der Waals surface area contributed by atoms with Crippen molar-refractivity contribution in [1.29, 1.82) is 0 Å². The van der Waals surface area contributed by atoms with Gasteiger partial charge in [-0.2, -0.15) is 0 Å². The van der Waals surface area contributed by atoms with E-state index in [9.17, 15) is 68.1 Å². The molecule has 0 spiro atoms. The number of aromatic amines is 1. The number of benzene rings is 4. The number of nitrogens with one attached hydrogen (secondary N) is 10. The predicted octanol–water partition coefficient (Wildman–Crippen LogP) is -0.726. The highest BCUT2D eigenvalue weighted by molar-refractivity contribution is 6.01. The van der Waals surface area contributed by atoms with Crippen molar-refractivity contribution in [2.45, 2.75) is 158 Å². The van der Waals surface area contributed by atoms with Crippen molar-refractivity contribution in [1.82, 2.24) is 57.7 Å². The van der Waals surface area contributed by atoms with Gasteiger partial charge in [0.15, 0.2) is 0 Å². The molecule has 95 heavy (non-hydrogen) atoms. The van der Waals surface area contributed by atoms with E-state index in [1.165, 1.54) is 24.3 Å². The van der Waals surface area contributed by atoms with Crippen LogP contribution in [-0.4, -0.2) is 176 Å². The van der Waals surface area contributed by atoms with E-state index in [0.29, 0.717) is 33.2 Å². The van der Waals surface area contributed by atoms with Crippen LogP contribution in [0.3, 0.4) is 0 Å². The number of carbonyl (C=O) groups excluding carboxylic acids is 11. The van der Waals surface area contributed by atoms with Crippen LogP contribution in [0.5, 0.6) is 5.75 Å². The quantitative estimate of drug-likeness (QED) is 0.0514. The number of para-hydroxylation sites is 1. The monoisotopic (exact) mass is 1310 g/mol. The van der Waals surface area contributed by atoms with Crippen molar-refractivity contribution in [2.75, 3.05) is 13.1 Å². The van der Waals surface area contributed by atoms with Gasteiger partial charge < -0.3 is 84.5 Å². The second-order valence-corrected chi connectivity index (χ2v) is 24.8. The standard InChI is InChI=1S/C67H85N13O15/c1-36(2)26-47-59(87)78-53(29-40-21-23-42(81)24-22-40)67(95)80-35-43(82)31-54(80)65(93)77-49(28-39-16-9-6-10-17-39)61(89)73-48(27-38-14-7-5-8-15-38)60(88)75-51(32-55(69)83)62(90)76-52(33-56(84)85)63(91)74-50(30-41-34-70-45-19-12-11-18-44(41)45)64(92)79-57(37(3)4)66(94)71-46(20-13-25-68)58(86)72-47/h5-12,14-19,21-24,34,36-37,43,46-54,57,70,81-82H,13,20,25-33,35,68H2,1-4H3,(H2,69,83)(H,71,94)(H,72,86)(H,73,89)(H,74,91)(H,75,88)(H,76,90)(H,77,93)(H,78,87)(H,79,92)(H,84,85)/t43-,46-,47-,48-,49-,50-,51-,52-,53+,54-,57-/m0/s1. The third kappa shape index (κ3) is 20.9. The Bertz CT molecular complexity index is 3550. The summed E-state index contributed by atoms with van der Waals surface area (Å²) in [6, 6.07) is 13.3. The largest absolute Gasteiger partial charge is 0.508 e. The topological polar surface area (TPSA) is 445 Å². The SMILES string of the molecule is CC(C)C[C@@H]1NC(=O)[C@H](CCCN)NC(=O)[C@H](C(C)C)NC(=O)[C@H](Cc2c[nH]c3ccccc23)NC(=O)[C@H](CC(=O)O)NC(=O)[C@H](CC(N)=O)NC(=O)[C@H](Cc2ccccc2)NC(=O)[C@H](Cc2ccccc2)NC(=O)[C@@H]2C[C@H](O)CN2C(=O)[C@@H](Cc2ccc(O)cc2)NC1=O. The normalized spacial score (nSPS) is 24.4. The molecule has 2 saturated heterocycles. The van der Waals surface area contributed by atoms with E-state index < -0.39 is 163 Å². The molecule has 17 N–H and O–H groups in total. The number of aromatic nitrogens is 1. The molecule has 7 rings (SSSR count). The van der Waals surface area contributed by atoms with Crippen LogP contribution in [0.1, 0.15) is 88.5 Å². The average molecular weight is 1310 g/mol. The number of primary amides is 1. The predicted molar refractivity (Wildman–Crippen MR) is 346 cm³/mol. The lowest BCUT2D eigenvalue weighted by atomic mass is 9.98. The number of fused-ring (bicyclic) bond motifs is 2. The van der Waals surface area contributed by atoms with Crippen LogP contribution in [-0.2, 0) is 83.2 Å². The molecule has 11 atom stereocenters. The Morgan fingerprint density at radius 1 is 0.526 bits per heavy atom. The van der Waals surface area contributed by atoms with Crippen molar-refractivity contribution in [2.24, 2.45) is 23.3 Å². The summed E-state index contributed by atoms with van der Waals surface area (Å²) in [6.45, 7) is 6.37. The van der Waals surface area contributed by atoms with Crippen LogP contribution < -0.4 is 59.3 Å². The summed E-state index contributed by atoms with van der Waals surface area (Å²) < 4.78 is 0. The molecular weight excluding hydrogens is 1230 g/mol. The summed E-state index contributed by atoms with van der Waals surface area (Å²) in [5.74, 6) is -13.8. The maximum absolute atomic E-state index is 15.2. The lowest BCUT2D eigenvalue weighted by molar-refractivity contribution is -0.142. The minimum absolute atomic E-state index is 0.0133. The molecule has 0 aliphatic carbocycles. The molecule has 0 unspecified atom stereocenters. The van der Waals surface area contributed by atoms with Crippen LogP contribution in [0.2, 0.25) is 0 Å². The number of aliphatic carboxylic acids is 1. The molecule has 1 aromatic heterocycles. The van der Waals surface area contributed by atoms with Gasteiger partial charge >= 0.3 is 5.97 Å². The number of amides is 11. The Morgan fingerprint density at radius 3 is 1.54 bits per heavy atom. The minimum Gasteiger partial charge on any atom is -0.508 e. The van der Waals surface area contributed by atoms with Crippen molar-refractivity contribution in [3.8, 4) is 5.75 Å². The first-order valence-electron chi connectivity index (χ1n) is 31.6. The zero-order valence-corrected chi connectivity index (χ0v) is 53.3. The van der Waals surface area contributed by atoms with Gasteiger partial charge in [-0.05, 0) is 78.1 Å². The average Bonchev–Trinajstić information content (AvgIpc) is 1.77. The molecule has 2 fully saturated rings. The third-order valence-electron chi connectivity index (χ3n) is 16.4. The summed E-state index contributed by atoms with van der Waals surface area (Å²) in [5.41, 5.74) is 14.1. The molecule has 11 amide bonds. The number of nitrogens with two attached hydrogens (primary N) is 2. The number of aliphatic hydroxyl groups excluding tert-OH is 1. The summed E-state index contributed by atoms with van der Waals surface area (Å²) in [5, 5.41) is 55.8. The lowest BCUT2D eigenvalue weighted by Gasteiger charge is -2.31. The molecule has 3 heterocycles. The third-order valence-corrected chi connectivity index (χ3v) is 16.4. The number of H-pyrrole nitrogens is 1. The van der Waals surface area contributed by atoms with Crippen LogP contribution >= 0.6 is 0 Å². The van der Waals surface area contributed by atoms with E-state index in [2.05, 4.69) is 52.8 Å². The highest BCUT2D eigenvalue weighted by atomic mass is 16.4. The fraction of sp³-hybridized carbons (Fsp3) is 0.433. The molecule has 508 valence electrons. The minimum atomic E-state index is -2.03. The van der Waals surface area contributed by atoms with Gasteiger partial charge in [0.2, 0.25) is 65.0 Å². The number of nitrogens with zero attached hydrogens (tertiary/aromatic N) is 1. The Balaban J connectivity index is 1.33. The number of carbonyl (C=O) groups is 12. The molecule has 0 saturated carbocycles. The van der Waals surface area contributed by atoms with Gasteiger partial charge in [-0.15, -0.1) is 0 Å². The van der Waals surface area contributed by atoms with Crippen LogP contribution in [0.15, 0.2) is 115 Å². The van der Waals surface area contributed by atoms with E-state index in [0.717, 1.165) is 4.90 Å². The second kappa shape index (κ2) is 34.1. The Labute approximate surface area is 548 Å². The van der Waals surface area contributed by atoms with Crippen LogP contribution in [0.4, 0.5) is 0 Å². The number of carboxylic acids is 1. The number of rotatable bonds is 18. The van der Waals surface area contributed by atoms with E-state index >= 15 is 4.79 Å². The van der Waals surface area contributed by atoms with E-state index in [1.54, 1.807) is 119 Å². The maximum atomic E-state index is 15.2. The van der Waals surface area contributed by atoms with Crippen molar-refractivity contribution in [3.05, 3.63) is 138 Å². The molecular formula is C67H85N13O15. The smallest absolute Gasteiger partial charge is 0.305 e. The molecule has 5 aromatic rings. The van der Waals surface area contributed by atoms with E-state index in [4.69, 9.17) is 11.5 Å². The van der Waals surface area contributed by atoms with Gasteiger partial charge in [0.05, 0.1) is 18.9 Å². The number of phenolic OH excluding ortho intramolecular Hbond substituents is 1. The molecule has 28 nitrogen and oxygen atoms in total.